The number of rotatable bonds is 5. The number of hydrogen-bond donors (Lipinski definition) is 0. The summed E-state index contributed by atoms with van der Waals surface area (Å²) in [6, 6.07) is 20.3. The summed E-state index contributed by atoms with van der Waals surface area (Å²) < 4.78 is 0. The SMILES string of the molecule is O=CC(Cc1ccccc1)Cc1ccccc1.[Pd]. The van der Waals surface area contributed by atoms with Gasteiger partial charge in [0.15, 0.2) is 0 Å². The summed E-state index contributed by atoms with van der Waals surface area (Å²) in [6.07, 6.45) is 2.71. The van der Waals surface area contributed by atoms with E-state index in [-0.39, 0.29) is 26.3 Å². The minimum absolute atomic E-state index is 0. The number of aldehydes is 1. The molecule has 0 aromatic heterocycles. The van der Waals surface area contributed by atoms with E-state index in [9.17, 15) is 4.79 Å². The second-order valence-electron chi connectivity index (χ2n) is 4.28. The van der Waals surface area contributed by atoms with Gasteiger partial charge in [-0.05, 0) is 24.0 Å². The normalized spacial score (nSPS) is 9.83. The van der Waals surface area contributed by atoms with Gasteiger partial charge >= 0.3 is 0 Å². The van der Waals surface area contributed by atoms with Crippen LogP contribution in [0.2, 0.25) is 0 Å². The summed E-state index contributed by atoms with van der Waals surface area (Å²) in [7, 11) is 0. The molecule has 2 aromatic carbocycles. The van der Waals surface area contributed by atoms with E-state index in [2.05, 4.69) is 24.3 Å². The zero-order chi connectivity index (χ0) is 11.9. The number of carbonyl (C=O) groups excluding carboxylic acids is 1. The summed E-state index contributed by atoms with van der Waals surface area (Å²) in [6.45, 7) is 0. The molecule has 2 aromatic rings. The van der Waals surface area contributed by atoms with Crippen LogP contribution >= 0.6 is 0 Å². The maximum absolute atomic E-state index is 11.1. The number of benzene rings is 2. The zero-order valence-corrected chi connectivity index (χ0v) is 11.6. The average Bonchev–Trinajstić information content (AvgIpc) is 2.40. The van der Waals surface area contributed by atoms with Crippen molar-refractivity contribution < 1.29 is 25.2 Å². The predicted octanol–water partition coefficient (Wildman–Crippen LogP) is 3.28. The molecule has 0 atom stereocenters. The molecule has 0 aliphatic carbocycles. The fourth-order valence-electron chi connectivity index (χ4n) is 2.00. The van der Waals surface area contributed by atoms with Crippen LogP contribution in [0.15, 0.2) is 60.7 Å². The fourth-order valence-corrected chi connectivity index (χ4v) is 2.00. The van der Waals surface area contributed by atoms with Crippen LogP contribution in [-0.4, -0.2) is 6.29 Å². The van der Waals surface area contributed by atoms with Gasteiger partial charge in [0.1, 0.15) is 6.29 Å². The molecule has 1 nitrogen and oxygen atoms in total. The molecule has 2 rings (SSSR count). The molecule has 0 unspecified atom stereocenters. The molecule has 2 heteroatoms. The van der Waals surface area contributed by atoms with Gasteiger partial charge in [0.05, 0.1) is 0 Å². The van der Waals surface area contributed by atoms with Gasteiger partial charge < -0.3 is 4.79 Å². The first kappa shape index (κ1) is 14.8. The zero-order valence-electron chi connectivity index (χ0n) is 10.1. The Morgan fingerprint density at radius 2 is 1.17 bits per heavy atom. The first-order valence-electron chi connectivity index (χ1n) is 5.91. The van der Waals surface area contributed by atoms with Crippen molar-refractivity contribution in [3.63, 3.8) is 0 Å². The molecule has 0 amide bonds. The van der Waals surface area contributed by atoms with E-state index in [4.69, 9.17) is 0 Å². The van der Waals surface area contributed by atoms with Crippen molar-refractivity contribution in [3.8, 4) is 0 Å². The van der Waals surface area contributed by atoms with E-state index in [1.807, 2.05) is 36.4 Å². The third-order valence-corrected chi connectivity index (χ3v) is 2.87. The Hall–Kier alpha value is -1.23. The van der Waals surface area contributed by atoms with Gasteiger partial charge in [0.2, 0.25) is 0 Å². The molecule has 0 saturated heterocycles. The molecular weight excluding hydrogens is 315 g/mol. The summed E-state index contributed by atoms with van der Waals surface area (Å²) in [4.78, 5) is 11.1. The minimum atomic E-state index is 0. The van der Waals surface area contributed by atoms with Crippen molar-refractivity contribution >= 4 is 6.29 Å². The first-order valence-corrected chi connectivity index (χ1v) is 5.91. The van der Waals surface area contributed by atoms with Crippen LogP contribution in [0.1, 0.15) is 11.1 Å². The van der Waals surface area contributed by atoms with Gasteiger partial charge in [-0.3, -0.25) is 0 Å². The van der Waals surface area contributed by atoms with Crippen LogP contribution in [0.5, 0.6) is 0 Å². The molecule has 0 bridgehead atoms. The maximum Gasteiger partial charge on any atom is 0.123 e. The smallest absolute Gasteiger partial charge is 0.123 e. The predicted molar refractivity (Wildman–Crippen MR) is 69.8 cm³/mol. The maximum atomic E-state index is 11.1. The van der Waals surface area contributed by atoms with Gasteiger partial charge in [-0.1, -0.05) is 60.7 Å². The van der Waals surface area contributed by atoms with Crippen LogP contribution in [0, 0.1) is 5.92 Å². The average molecular weight is 331 g/mol. The van der Waals surface area contributed by atoms with Crippen molar-refractivity contribution in [2.75, 3.05) is 0 Å². The van der Waals surface area contributed by atoms with Crippen LogP contribution in [-0.2, 0) is 38.1 Å². The van der Waals surface area contributed by atoms with Gasteiger partial charge in [0, 0.05) is 26.3 Å². The fraction of sp³-hybridized carbons (Fsp3) is 0.188. The van der Waals surface area contributed by atoms with E-state index in [0.717, 1.165) is 19.1 Å². The van der Waals surface area contributed by atoms with Crippen LogP contribution in [0.25, 0.3) is 0 Å². The van der Waals surface area contributed by atoms with E-state index in [1.54, 1.807) is 0 Å². The molecule has 0 heterocycles. The Labute approximate surface area is 122 Å². The van der Waals surface area contributed by atoms with Gasteiger partial charge in [-0.15, -0.1) is 0 Å². The van der Waals surface area contributed by atoms with Crippen LogP contribution < -0.4 is 0 Å². The van der Waals surface area contributed by atoms with Gasteiger partial charge in [-0.2, -0.15) is 0 Å². The molecule has 0 radical (unpaired) electrons. The van der Waals surface area contributed by atoms with E-state index in [0.29, 0.717) is 0 Å². The molecule has 18 heavy (non-hydrogen) atoms. The largest absolute Gasteiger partial charge is 0.303 e. The molecule has 0 fully saturated rings. The third kappa shape index (κ3) is 4.57. The molecule has 0 N–H and O–H groups in total. The van der Waals surface area contributed by atoms with E-state index >= 15 is 0 Å². The monoisotopic (exact) mass is 330 g/mol. The summed E-state index contributed by atoms with van der Waals surface area (Å²) in [5.41, 5.74) is 2.45. The third-order valence-electron chi connectivity index (χ3n) is 2.87. The van der Waals surface area contributed by atoms with Crippen molar-refractivity contribution in [1.82, 2.24) is 0 Å². The van der Waals surface area contributed by atoms with E-state index < -0.39 is 0 Å². The Balaban J connectivity index is 0.00000162. The van der Waals surface area contributed by atoms with Crippen molar-refractivity contribution in [1.29, 1.82) is 0 Å². The molecule has 0 aliphatic rings. The molecular formula is C16H16OPd. The second-order valence-corrected chi connectivity index (χ2v) is 4.28. The Morgan fingerprint density at radius 3 is 1.50 bits per heavy atom. The Bertz CT molecular complexity index is 412. The molecule has 0 aliphatic heterocycles. The topological polar surface area (TPSA) is 17.1 Å². The summed E-state index contributed by atoms with van der Waals surface area (Å²) in [5, 5.41) is 0. The quantitative estimate of drug-likeness (QED) is 0.607. The van der Waals surface area contributed by atoms with Crippen molar-refractivity contribution in [2.45, 2.75) is 12.8 Å². The van der Waals surface area contributed by atoms with Gasteiger partial charge in [0.25, 0.3) is 0 Å². The van der Waals surface area contributed by atoms with Crippen LogP contribution in [0.4, 0.5) is 0 Å². The molecule has 0 spiro atoms. The van der Waals surface area contributed by atoms with E-state index in [1.165, 1.54) is 11.1 Å². The first-order chi connectivity index (χ1) is 8.38. The Morgan fingerprint density at radius 1 is 0.778 bits per heavy atom. The summed E-state index contributed by atoms with van der Waals surface area (Å²) >= 11 is 0. The minimum Gasteiger partial charge on any atom is -0.303 e. The Kier molecular flexibility index (Phi) is 6.57. The van der Waals surface area contributed by atoms with Crippen LogP contribution in [0.3, 0.4) is 0 Å². The number of hydrogen-bond acceptors (Lipinski definition) is 1. The molecule has 0 saturated carbocycles. The molecule has 96 valence electrons. The summed E-state index contributed by atoms with van der Waals surface area (Å²) in [5.74, 6) is 0.0693. The van der Waals surface area contributed by atoms with Gasteiger partial charge in [-0.25, -0.2) is 0 Å². The number of carbonyl (C=O) groups is 1. The standard InChI is InChI=1S/C16H16O.Pd/c17-13-16(11-14-7-3-1-4-8-14)12-15-9-5-2-6-10-15;/h1-10,13,16H,11-12H2;. The second kappa shape index (κ2) is 7.98. The van der Waals surface area contributed by atoms with Crippen molar-refractivity contribution in [3.05, 3.63) is 71.8 Å². The van der Waals surface area contributed by atoms with Crippen molar-refractivity contribution in [2.24, 2.45) is 5.92 Å².